The van der Waals surface area contributed by atoms with E-state index in [0.29, 0.717) is 5.57 Å². The molecule has 1 amide bonds. The number of nitrogens with one attached hydrogen (secondary N) is 1. The van der Waals surface area contributed by atoms with Crippen molar-refractivity contribution in [2.24, 2.45) is 22.5 Å². The van der Waals surface area contributed by atoms with E-state index in [-0.39, 0.29) is 43.5 Å². The van der Waals surface area contributed by atoms with Crippen LogP contribution in [0.1, 0.15) is 110 Å². The Kier molecular flexibility index (Phi) is 16.9. The molecule has 0 spiro atoms. The Morgan fingerprint density at radius 2 is 1.57 bits per heavy atom. The van der Waals surface area contributed by atoms with E-state index in [2.05, 4.69) is 5.32 Å². The molecule has 0 bridgehead atoms. The molecule has 0 aromatic heterocycles. The minimum atomic E-state index is -2.38. The Morgan fingerprint density at radius 1 is 0.942 bits per heavy atom. The summed E-state index contributed by atoms with van der Waals surface area (Å²) in [5.74, 6) is -7.62. The first-order valence-corrected chi connectivity index (χ1v) is 22.9. The number of benzene rings is 2. The Balaban J connectivity index is 1.68. The van der Waals surface area contributed by atoms with Crippen molar-refractivity contribution < 1.29 is 82.0 Å². The van der Waals surface area contributed by atoms with Crippen molar-refractivity contribution in [1.29, 1.82) is 0 Å². The summed E-state index contributed by atoms with van der Waals surface area (Å²) in [6, 6.07) is 14.2. The number of hydrogen-bond donors (Lipinski definition) is 5. The number of allylic oxidation sites excluding steroid dienone is 1. The van der Waals surface area contributed by atoms with Crippen molar-refractivity contribution >= 4 is 41.7 Å². The summed E-state index contributed by atoms with van der Waals surface area (Å²) in [7, 11) is 0. The fourth-order valence-electron chi connectivity index (χ4n) is 9.94. The topological polar surface area (TPSA) is 283 Å². The lowest BCUT2D eigenvalue weighted by molar-refractivity contribution is -0.340. The van der Waals surface area contributed by atoms with Gasteiger partial charge in [-0.05, 0) is 76.6 Å². The standard InChI is InChI=1S/C50H66N2O17/c1-28-23-47(7,8)26-49(62,42(67-43(59)32-18-14-11-15-19-32)40-48(9,41(58)29(2)53)34(55)22-35-50(40,27-64-35)68-30(3)54)24-33(28)65-44(60)39(66-37(57)25-63-36(56)20-21-51)38(31-16-12-10-13-17-31)52-45(61)69-46(4,5)6/h10-19,23,29,33-35,38-40,42,53,55,62H,20-22,24-27,51H2,1-9H3,(H,52,61)/t29-,33+,34+,35-,38+,39-,40+,42+,48-,49-,50+/m1/s1. The number of ether oxygens (including phenoxy) is 7. The summed E-state index contributed by atoms with van der Waals surface area (Å²) < 4.78 is 40.8. The maximum atomic E-state index is 14.9. The molecule has 6 N–H and O–H groups in total. The van der Waals surface area contributed by atoms with E-state index in [4.69, 9.17) is 38.9 Å². The van der Waals surface area contributed by atoms with Crippen LogP contribution in [0.25, 0.3) is 0 Å². The monoisotopic (exact) mass is 966 g/mol. The van der Waals surface area contributed by atoms with Gasteiger partial charge < -0.3 is 59.5 Å². The molecule has 2 aromatic carbocycles. The highest BCUT2D eigenvalue weighted by Crippen LogP contribution is 2.59. The summed E-state index contributed by atoms with van der Waals surface area (Å²) in [6.07, 6.45) is -10.4. The van der Waals surface area contributed by atoms with Crippen LogP contribution in [0.3, 0.4) is 0 Å². The molecular formula is C50H66N2O17. The van der Waals surface area contributed by atoms with Crippen LogP contribution in [-0.4, -0.2) is 130 Å². The zero-order valence-corrected chi connectivity index (χ0v) is 40.6. The molecule has 19 nitrogen and oxygen atoms in total. The lowest BCUT2D eigenvalue weighted by atomic mass is 9.50. The van der Waals surface area contributed by atoms with Crippen molar-refractivity contribution in [3.63, 3.8) is 0 Å². The predicted octanol–water partition coefficient (Wildman–Crippen LogP) is 3.73. The van der Waals surface area contributed by atoms with Crippen molar-refractivity contribution in [1.82, 2.24) is 5.32 Å². The highest BCUT2D eigenvalue weighted by atomic mass is 16.6. The number of aliphatic hydroxyl groups excluding tert-OH is 2. The minimum Gasteiger partial charge on any atom is -0.455 e. The number of nitrogens with two attached hydrogens (primary N) is 1. The van der Waals surface area contributed by atoms with Gasteiger partial charge >= 0.3 is 35.9 Å². The maximum Gasteiger partial charge on any atom is 0.408 e. The molecule has 2 fully saturated rings. The molecule has 5 rings (SSSR count). The lowest BCUT2D eigenvalue weighted by Crippen LogP contribution is -2.79. The van der Waals surface area contributed by atoms with Gasteiger partial charge in [0.1, 0.15) is 41.7 Å². The average molecular weight is 967 g/mol. The summed E-state index contributed by atoms with van der Waals surface area (Å²) in [5.41, 5.74) is -2.25. The highest BCUT2D eigenvalue weighted by Gasteiger charge is 2.74. The van der Waals surface area contributed by atoms with E-state index in [9.17, 15) is 48.9 Å². The van der Waals surface area contributed by atoms with Gasteiger partial charge in [0.15, 0.2) is 18.0 Å². The molecule has 1 heterocycles. The van der Waals surface area contributed by atoms with Gasteiger partial charge in [0.2, 0.25) is 6.10 Å². The van der Waals surface area contributed by atoms with Crippen LogP contribution < -0.4 is 11.1 Å². The van der Waals surface area contributed by atoms with Gasteiger partial charge in [0.25, 0.3) is 0 Å². The number of carbonyl (C=O) groups is 7. The van der Waals surface area contributed by atoms with Crippen molar-refractivity contribution in [3.05, 3.63) is 83.4 Å². The van der Waals surface area contributed by atoms with Crippen LogP contribution in [0.15, 0.2) is 72.3 Å². The molecule has 1 aliphatic heterocycles. The number of amides is 1. The third-order valence-electron chi connectivity index (χ3n) is 12.7. The number of carbonyl (C=O) groups excluding carboxylic acids is 7. The molecule has 1 saturated carbocycles. The molecule has 11 atom stereocenters. The van der Waals surface area contributed by atoms with Crippen LogP contribution in [0.4, 0.5) is 4.79 Å². The van der Waals surface area contributed by atoms with Gasteiger partial charge in [0, 0.05) is 26.3 Å². The number of alkyl carbamates (subject to hydrolysis) is 1. The Morgan fingerprint density at radius 3 is 2.12 bits per heavy atom. The van der Waals surface area contributed by atoms with Gasteiger partial charge in [-0.3, -0.25) is 14.4 Å². The van der Waals surface area contributed by atoms with Gasteiger partial charge in [-0.1, -0.05) is 68.5 Å². The third kappa shape index (κ3) is 12.5. The molecule has 378 valence electrons. The Bertz CT molecular complexity index is 2240. The van der Waals surface area contributed by atoms with E-state index in [1.165, 1.54) is 26.0 Å². The maximum absolute atomic E-state index is 14.9. The van der Waals surface area contributed by atoms with E-state index in [1.54, 1.807) is 96.1 Å². The molecule has 19 heteroatoms. The molecular weight excluding hydrogens is 901 g/mol. The number of rotatable bonds is 17. The van der Waals surface area contributed by atoms with Crippen molar-refractivity contribution in [2.45, 2.75) is 147 Å². The minimum absolute atomic E-state index is 0.0296. The largest absolute Gasteiger partial charge is 0.455 e. The molecule has 2 aliphatic carbocycles. The van der Waals surface area contributed by atoms with Crippen LogP contribution in [0, 0.1) is 16.7 Å². The zero-order valence-electron chi connectivity index (χ0n) is 40.6. The number of Topliss-reactive ketones (excluding diaryl/α,β-unsaturated/α-hetero) is 1. The fraction of sp³-hybridized carbons (Fsp3) is 0.580. The number of esters is 5. The molecule has 2 aromatic rings. The second-order valence-electron chi connectivity index (χ2n) is 20.0. The highest BCUT2D eigenvalue weighted by molar-refractivity contribution is 5.91. The predicted molar refractivity (Wildman–Crippen MR) is 243 cm³/mol. The first-order valence-electron chi connectivity index (χ1n) is 22.9. The van der Waals surface area contributed by atoms with E-state index < -0.39 is 131 Å². The van der Waals surface area contributed by atoms with Gasteiger partial charge in [-0.25, -0.2) is 19.2 Å². The Hall–Kier alpha value is -5.73. The fourth-order valence-corrected chi connectivity index (χ4v) is 9.94. The summed E-state index contributed by atoms with van der Waals surface area (Å²) in [6.45, 7) is 12.3. The van der Waals surface area contributed by atoms with Gasteiger partial charge in [0.05, 0.1) is 36.0 Å². The van der Waals surface area contributed by atoms with Crippen LogP contribution in [-0.2, 0) is 57.1 Å². The van der Waals surface area contributed by atoms with E-state index >= 15 is 0 Å². The number of hydrogen-bond acceptors (Lipinski definition) is 18. The first-order chi connectivity index (χ1) is 32.2. The SMILES string of the molecule is CC(=O)O[C@@]12CO[C@@H]1C[C@H](O)[C@@](C)(C(=O)[C@@H](C)O)[C@@H]2[C@H](OC(=O)c1ccccc1)[C@@]1(O)C[C@H](OC(=O)[C@H](OC(=O)COC(=O)CCN)[C@@H](NC(=O)OC(C)(C)C)c2ccccc2)C(C)=CC(C)(C)C1. The lowest BCUT2D eigenvalue weighted by Gasteiger charge is -2.64. The summed E-state index contributed by atoms with van der Waals surface area (Å²) in [5, 5.41) is 39.1. The quantitative estimate of drug-likeness (QED) is 0.0858. The number of fused-ring (bicyclic) bond motifs is 1. The molecule has 69 heavy (non-hydrogen) atoms. The third-order valence-corrected chi connectivity index (χ3v) is 12.7. The van der Waals surface area contributed by atoms with E-state index in [0.717, 1.165) is 6.92 Å². The van der Waals surface area contributed by atoms with Crippen molar-refractivity contribution in [3.8, 4) is 0 Å². The van der Waals surface area contributed by atoms with Crippen molar-refractivity contribution in [2.75, 3.05) is 19.8 Å². The zero-order chi connectivity index (χ0) is 51.3. The second-order valence-corrected chi connectivity index (χ2v) is 20.0. The van der Waals surface area contributed by atoms with Crippen LogP contribution >= 0.6 is 0 Å². The molecule has 1 saturated heterocycles. The van der Waals surface area contributed by atoms with Gasteiger partial charge in [-0.2, -0.15) is 0 Å². The number of ketones is 1. The second kappa shape index (κ2) is 21.5. The molecule has 0 radical (unpaired) electrons. The molecule has 0 unspecified atom stereocenters. The normalized spacial score (nSPS) is 27.9. The van der Waals surface area contributed by atoms with Gasteiger partial charge in [-0.15, -0.1) is 0 Å². The summed E-state index contributed by atoms with van der Waals surface area (Å²) in [4.78, 5) is 95.9. The number of aliphatic hydroxyl groups is 3. The first kappa shape index (κ1) is 54.2. The molecule has 3 aliphatic rings. The Labute approximate surface area is 401 Å². The van der Waals surface area contributed by atoms with Crippen LogP contribution in [0.2, 0.25) is 0 Å². The smallest absolute Gasteiger partial charge is 0.408 e. The van der Waals surface area contributed by atoms with E-state index in [1.807, 2.05) is 0 Å². The average Bonchev–Trinajstić information content (AvgIpc) is 3.34. The summed E-state index contributed by atoms with van der Waals surface area (Å²) >= 11 is 0. The van der Waals surface area contributed by atoms with Crippen LogP contribution in [0.5, 0.6) is 0 Å².